The summed E-state index contributed by atoms with van der Waals surface area (Å²) >= 11 is 0. The molecule has 0 heterocycles. The molecule has 146 valence electrons. The van der Waals surface area contributed by atoms with E-state index in [0.29, 0.717) is 28.4 Å². The lowest BCUT2D eigenvalue weighted by atomic mass is 10.1. The molecule has 2 N–H and O–H groups in total. The Bertz CT molecular complexity index is 1040. The Morgan fingerprint density at radius 3 is 2.38 bits per heavy atom. The summed E-state index contributed by atoms with van der Waals surface area (Å²) in [6.07, 6.45) is 1.91. The molecule has 29 heavy (non-hydrogen) atoms. The van der Waals surface area contributed by atoms with Crippen LogP contribution in [0.4, 0.5) is 11.4 Å². The summed E-state index contributed by atoms with van der Waals surface area (Å²) in [5.74, 6) is 1.22. The average molecular weight is 386 g/mol. The molecule has 2 amide bonds. The van der Waals surface area contributed by atoms with Gasteiger partial charge in [-0.2, -0.15) is 0 Å². The van der Waals surface area contributed by atoms with E-state index in [1.54, 1.807) is 30.3 Å². The van der Waals surface area contributed by atoms with Gasteiger partial charge in [-0.1, -0.05) is 24.3 Å². The highest BCUT2D eigenvalue weighted by Crippen LogP contribution is 2.31. The Hall–Kier alpha value is -3.60. The van der Waals surface area contributed by atoms with E-state index in [2.05, 4.69) is 10.6 Å². The molecule has 1 fully saturated rings. The van der Waals surface area contributed by atoms with Crippen molar-refractivity contribution < 1.29 is 14.3 Å². The van der Waals surface area contributed by atoms with E-state index in [4.69, 9.17) is 4.74 Å². The predicted molar refractivity (Wildman–Crippen MR) is 113 cm³/mol. The van der Waals surface area contributed by atoms with Crippen molar-refractivity contribution in [1.29, 1.82) is 0 Å². The fourth-order valence-corrected chi connectivity index (χ4v) is 2.95. The second kappa shape index (κ2) is 8.19. The van der Waals surface area contributed by atoms with Gasteiger partial charge in [-0.15, -0.1) is 0 Å². The Balaban J connectivity index is 1.44. The van der Waals surface area contributed by atoms with Crippen molar-refractivity contribution in [1.82, 2.24) is 0 Å². The lowest BCUT2D eigenvalue weighted by Gasteiger charge is -2.13. The molecule has 0 aliphatic heterocycles. The summed E-state index contributed by atoms with van der Waals surface area (Å²) in [6, 6.07) is 21.9. The van der Waals surface area contributed by atoms with Crippen molar-refractivity contribution in [2.45, 2.75) is 19.8 Å². The van der Waals surface area contributed by atoms with Crippen LogP contribution in [0.15, 0.2) is 72.8 Å². The summed E-state index contributed by atoms with van der Waals surface area (Å²) < 4.78 is 5.96. The average Bonchev–Trinajstić information content (AvgIpc) is 3.55. The van der Waals surface area contributed by atoms with Gasteiger partial charge in [-0.3, -0.25) is 9.59 Å². The molecule has 0 bridgehead atoms. The lowest BCUT2D eigenvalue weighted by Crippen LogP contribution is -2.14. The minimum Gasteiger partial charge on any atom is -0.455 e. The fraction of sp³-hybridized carbons (Fsp3) is 0.167. The van der Waals surface area contributed by atoms with Gasteiger partial charge in [0.1, 0.15) is 5.75 Å². The number of anilines is 2. The van der Waals surface area contributed by atoms with Crippen LogP contribution in [0.25, 0.3) is 0 Å². The van der Waals surface area contributed by atoms with Crippen molar-refractivity contribution in [3.05, 3.63) is 83.9 Å². The Labute approximate surface area is 169 Å². The summed E-state index contributed by atoms with van der Waals surface area (Å²) in [6.45, 7) is 2.00. The predicted octanol–water partition coefficient (Wildman–Crippen LogP) is 5.39. The maximum absolute atomic E-state index is 12.7. The summed E-state index contributed by atoms with van der Waals surface area (Å²) in [5, 5.41) is 5.77. The molecule has 1 aliphatic carbocycles. The molecule has 0 atom stereocenters. The van der Waals surface area contributed by atoms with Crippen LogP contribution in [0.1, 0.15) is 28.8 Å². The molecule has 0 saturated heterocycles. The van der Waals surface area contributed by atoms with Crippen molar-refractivity contribution in [3.8, 4) is 11.5 Å². The van der Waals surface area contributed by atoms with Crippen LogP contribution in [0.5, 0.6) is 11.5 Å². The van der Waals surface area contributed by atoms with Gasteiger partial charge in [0, 0.05) is 17.2 Å². The highest BCUT2D eigenvalue weighted by molar-refractivity contribution is 6.05. The number of benzene rings is 3. The van der Waals surface area contributed by atoms with Gasteiger partial charge in [-0.05, 0) is 73.9 Å². The molecule has 0 unspecified atom stereocenters. The van der Waals surface area contributed by atoms with Gasteiger partial charge < -0.3 is 15.4 Å². The van der Waals surface area contributed by atoms with Crippen molar-refractivity contribution in [3.63, 3.8) is 0 Å². The first-order valence-electron chi connectivity index (χ1n) is 9.64. The zero-order valence-electron chi connectivity index (χ0n) is 16.1. The minimum absolute atomic E-state index is 0.0458. The number of ether oxygens (including phenoxy) is 1. The molecular weight excluding hydrogens is 364 g/mol. The van der Waals surface area contributed by atoms with Crippen LogP contribution in [0.2, 0.25) is 0 Å². The van der Waals surface area contributed by atoms with Crippen molar-refractivity contribution in [2.75, 3.05) is 10.6 Å². The first-order valence-corrected chi connectivity index (χ1v) is 9.64. The second-order valence-electron chi connectivity index (χ2n) is 7.21. The number of amides is 2. The zero-order chi connectivity index (χ0) is 20.2. The van der Waals surface area contributed by atoms with Crippen molar-refractivity contribution in [2.24, 2.45) is 5.92 Å². The summed E-state index contributed by atoms with van der Waals surface area (Å²) in [5.41, 5.74) is 2.88. The van der Waals surface area contributed by atoms with Gasteiger partial charge in [0.05, 0.1) is 5.69 Å². The van der Waals surface area contributed by atoms with E-state index in [0.717, 1.165) is 18.4 Å². The normalized spacial score (nSPS) is 12.9. The van der Waals surface area contributed by atoms with E-state index in [1.807, 2.05) is 49.4 Å². The second-order valence-corrected chi connectivity index (χ2v) is 7.21. The van der Waals surface area contributed by atoms with Gasteiger partial charge >= 0.3 is 0 Å². The number of rotatable bonds is 6. The maximum Gasteiger partial charge on any atom is 0.255 e. The number of aryl methyl sites for hydroxylation is 1. The fourth-order valence-electron chi connectivity index (χ4n) is 2.95. The third-order valence-electron chi connectivity index (χ3n) is 4.72. The van der Waals surface area contributed by atoms with Gasteiger partial charge in [0.15, 0.2) is 5.75 Å². The van der Waals surface area contributed by atoms with E-state index in [9.17, 15) is 9.59 Å². The highest BCUT2D eigenvalue weighted by Gasteiger charge is 2.29. The minimum atomic E-state index is -0.245. The first-order chi connectivity index (χ1) is 14.1. The molecule has 4 rings (SSSR count). The number of hydrogen-bond acceptors (Lipinski definition) is 3. The molecule has 1 aliphatic rings. The van der Waals surface area contributed by atoms with Crippen LogP contribution < -0.4 is 15.4 Å². The SMILES string of the molecule is Cc1cccc(Oc2ccccc2NC(=O)c2ccc(NC(=O)C3CC3)cc2)c1. The number of carbonyl (C=O) groups excluding carboxylic acids is 2. The lowest BCUT2D eigenvalue weighted by molar-refractivity contribution is -0.117. The van der Waals surface area contributed by atoms with Crippen LogP contribution in [0.3, 0.4) is 0 Å². The van der Waals surface area contributed by atoms with Crippen LogP contribution in [-0.4, -0.2) is 11.8 Å². The largest absolute Gasteiger partial charge is 0.455 e. The summed E-state index contributed by atoms with van der Waals surface area (Å²) in [4.78, 5) is 24.5. The number of hydrogen-bond donors (Lipinski definition) is 2. The molecule has 5 nitrogen and oxygen atoms in total. The Kier molecular flexibility index (Phi) is 5.29. The maximum atomic E-state index is 12.7. The molecule has 3 aromatic carbocycles. The van der Waals surface area contributed by atoms with E-state index < -0.39 is 0 Å². The molecule has 0 aromatic heterocycles. The van der Waals surface area contributed by atoms with Gasteiger partial charge in [0.2, 0.25) is 5.91 Å². The monoisotopic (exact) mass is 386 g/mol. The molecular formula is C24H22N2O3. The highest BCUT2D eigenvalue weighted by atomic mass is 16.5. The molecule has 0 radical (unpaired) electrons. The number of para-hydroxylation sites is 2. The number of carbonyl (C=O) groups is 2. The van der Waals surface area contributed by atoms with E-state index >= 15 is 0 Å². The third kappa shape index (κ3) is 4.82. The quantitative estimate of drug-likeness (QED) is 0.597. The Morgan fingerprint density at radius 2 is 1.66 bits per heavy atom. The Morgan fingerprint density at radius 1 is 0.897 bits per heavy atom. The van der Waals surface area contributed by atoms with Crippen LogP contribution >= 0.6 is 0 Å². The molecule has 3 aromatic rings. The van der Waals surface area contributed by atoms with Gasteiger partial charge in [0.25, 0.3) is 5.91 Å². The number of nitrogens with one attached hydrogen (secondary N) is 2. The van der Waals surface area contributed by atoms with Crippen molar-refractivity contribution >= 4 is 23.2 Å². The molecule has 1 saturated carbocycles. The smallest absolute Gasteiger partial charge is 0.255 e. The van der Waals surface area contributed by atoms with Crippen LogP contribution in [0, 0.1) is 12.8 Å². The standard InChI is InChI=1S/C24H22N2O3/c1-16-5-4-6-20(15-16)29-22-8-3-2-7-21(22)26-24(28)18-11-13-19(14-12-18)25-23(27)17-9-10-17/h2-8,11-15,17H,9-10H2,1H3,(H,25,27)(H,26,28). The topological polar surface area (TPSA) is 67.4 Å². The zero-order valence-corrected chi connectivity index (χ0v) is 16.1. The van der Waals surface area contributed by atoms with E-state index in [-0.39, 0.29) is 17.7 Å². The third-order valence-corrected chi connectivity index (χ3v) is 4.72. The first kappa shape index (κ1) is 18.7. The molecule has 0 spiro atoms. The van der Waals surface area contributed by atoms with Gasteiger partial charge in [-0.25, -0.2) is 0 Å². The van der Waals surface area contributed by atoms with Crippen LogP contribution in [-0.2, 0) is 4.79 Å². The summed E-state index contributed by atoms with van der Waals surface area (Å²) in [7, 11) is 0. The van der Waals surface area contributed by atoms with E-state index in [1.165, 1.54) is 0 Å². The molecule has 5 heteroatoms.